The van der Waals surface area contributed by atoms with Gasteiger partial charge in [-0.15, -0.1) is 0 Å². The summed E-state index contributed by atoms with van der Waals surface area (Å²) in [6, 6.07) is 24.5. The first kappa shape index (κ1) is 24.6. The van der Waals surface area contributed by atoms with Gasteiger partial charge in [0.25, 0.3) is 5.91 Å². The molecule has 1 amide bonds. The number of benzene rings is 4. The number of amides is 1. The number of rotatable bonds is 8. The lowest BCUT2D eigenvalue weighted by atomic mass is 10.1. The number of anilines is 3. The van der Waals surface area contributed by atoms with Gasteiger partial charge in [0.1, 0.15) is 6.61 Å². The second kappa shape index (κ2) is 10.4. The van der Waals surface area contributed by atoms with Crippen molar-refractivity contribution in [2.75, 3.05) is 23.9 Å². The van der Waals surface area contributed by atoms with Crippen LogP contribution in [0.4, 0.5) is 17.1 Å². The monoisotopic (exact) mass is 503 g/mol. The van der Waals surface area contributed by atoms with Crippen LogP contribution in [0.2, 0.25) is 0 Å². The lowest BCUT2D eigenvalue weighted by molar-refractivity contribution is 0.102. The zero-order valence-electron chi connectivity index (χ0n) is 19.5. The minimum absolute atomic E-state index is 0.0892. The van der Waals surface area contributed by atoms with Crippen molar-refractivity contribution in [1.29, 1.82) is 0 Å². The Balaban J connectivity index is 1.49. The Hall–Kier alpha value is -4.50. The molecule has 184 valence electrons. The highest BCUT2D eigenvalue weighted by Gasteiger charge is 2.19. The molecule has 0 atom stereocenters. The molecule has 0 saturated heterocycles. The minimum atomic E-state index is -3.72. The van der Waals surface area contributed by atoms with Crippen molar-refractivity contribution in [2.45, 2.75) is 16.4 Å². The summed E-state index contributed by atoms with van der Waals surface area (Å²) in [4.78, 5) is 13.1. The van der Waals surface area contributed by atoms with Crippen molar-refractivity contribution in [1.82, 2.24) is 0 Å². The van der Waals surface area contributed by atoms with E-state index in [9.17, 15) is 13.2 Å². The fourth-order valence-electron chi connectivity index (χ4n) is 3.48. The number of carbonyl (C=O) groups excluding carboxylic acids is 1. The van der Waals surface area contributed by atoms with Crippen molar-refractivity contribution in [3.63, 3.8) is 0 Å². The second-order valence-corrected chi connectivity index (χ2v) is 9.87. The molecule has 8 nitrogen and oxygen atoms in total. The zero-order valence-corrected chi connectivity index (χ0v) is 20.3. The van der Waals surface area contributed by atoms with E-state index in [1.807, 2.05) is 30.3 Å². The number of nitrogens with one attached hydrogen (secondary N) is 1. The minimum Gasteiger partial charge on any atom is -0.493 e. The average molecular weight is 504 g/mol. The molecule has 4 aromatic rings. The molecule has 0 aliphatic heterocycles. The maximum atomic E-state index is 12.9. The van der Waals surface area contributed by atoms with Crippen LogP contribution in [0, 0.1) is 0 Å². The molecule has 0 spiro atoms. The molecule has 0 fully saturated rings. The number of nitrogens with two attached hydrogens (primary N) is 2. The van der Waals surface area contributed by atoms with Gasteiger partial charge in [0.15, 0.2) is 11.5 Å². The van der Waals surface area contributed by atoms with Crippen LogP contribution in [-0.2, 0) is 16.4 Å². The Morgan fingerprint density at radius 1 is 0.833 bits per heavy atom. The van der Waals surface area contributed by atoms with Crippen molar-refractivity contribution in [3.8, 4) is 11.5 Å². The predicted molar refractivity (Wildman–Crippen MR) is 139 cm³/mol. The van der Waals surface area contributed by atoms with Gasteiger partial charge in [-0.3, -0.25) is 4.79 Å². The molecule has 4 rings (SSSR count). The van der Waals surface area contributed by atoms with Crippen LogP contribution in [0.25, 0.3) is 0 Å². The van der Waals surface area contributed by atoms with Crippen molar-refractivity contribution < 1.29 is 22.7 Å². The summed E-state index contributed by atoms with van der Waals surface area (Å²) in [5.41, 5.74) is 14.0. The predicted octanol–water partition coefficient (Wildman–Crippen LogP) is 4.52. The van der Waals surface area contributed by atoms with Crippen LogP contribution >= 0.6 is 0 Å². The number of hydrogen-bond acceptors (Lipinski definition) is 7. The summed E-state index contributed by atoms with van der Waals surface area (Å²) in [5, 5.41) is 2.73. The Labute approximate surface area is 209 Å². The van der Waals surface area contributed by atoms with E-state index in [1.54, 1.807) is 6.07 Å². The van der Waals surface area contributed by atoms with E-state index in [2.05, 4.69) is 5.32 Å². The molecule has 4 aromatic carbocycles. The van der Waals surface area contributed by atoms with Crippen molar-refractivity contribution in [3.05, 3.63) is 102 Å². The van der Waals surface area contributed by atoms with Crippen LogP contribution in [0.3, 0.4) is 0 Å². The lowest BCUT2D eigenvalue weighted by Gasteiger charge is -2.15. The number of carbonyl (C=O) groups is 1. The standard InChI is InChI=1S/C27H25N3O5S/c1-34-25-15-23(24(29)16-26(25)35-17-18-5-3-2-4-6-18)27(31)30-20-9-13-22(14-10-20)36(32,33)21-11-7-19(28)8-12-21/h2-16H,17,28-29H2,1H3,(H,30,31). The molecule has 0 bridgehead atoms. The number of sulfone groups is 1. The van der Waals surface area contributed by atoms with Crippen LogP contribution < -0.4 is 26.3 Å². The van der Waals surface area contributed by atoms with E-state index in [1.165, 1.54) is 61.7 Å². The van der Waals surface area contributed by atoms with Gasteiger partial charge in [-0.2, -0.15) is 0 Å². The summed E-state index contributed by atoms with van der Waals surface area (Å²) in [7, 11) is -2.24. The maximum absolute atomic E-state index is 12.9. The van der Waals surface area contributed by atoms with Crippen LogP contribution in [0.1, 0.15) is 15.9 Å². The highest BCUT2D eigenvalue weighted by molar-refractivity contribution is 7.91. The van der Waals surface area contributed by atoms with Crippen LogP contribution in [0.15, 0.2) is 101 Å². The summed E-state index contributed by atoms with van der Waals surface area (Å²) in [6.45, 7) is 0.313. The average Bonchev–Trinajstić information content (AvgIpc) is 2.88. The maximum Gasteiger partial charge on any atom is 0.257 e. The van der Waals surface area contributed by atoms with Gasteiger partial charge in [-0.25, -0.2) is 8.42 Å². The third-order valence-electron chi connectivity index (χ3n) is 5.43. The lowest BCUT2D eigenvalue weighted by Crippen LogP contribution is -2.15. The van der Waals surface area contributed by atoms with Crippen molar-refractivity contribution in [2.24, 2.45) is 0 Å². The van der Waals surface area contributed by atoms with E-state index in [0.29, 0.717) is 29.5 Å². The van der Waals surface area contributed by atoms with Gasteiger partial charge in [0.05, 0.1) is 22.5 Å². The molecular formula is C27H25N3O5S. The highest BCUT2D eigenvalue weighted by Crippen LogP contribution is 2.33. The van der Waals surface area contributed by atoms with Crippen molar-refractivity contribution >= 4 is 32.8 Å². The van der Waals surface area contributed by atoms with Gasteiger partial charge < -0.3 is 26.3 Å². The number of ether oxygens (including phenoxy) is 2. The Kier molecular flexibility index (Phi) is 7.12. The molecule has 0 heterocycles. The second-order valence-electron chi connectivity index (χ2n) is 7.92. The highest BCUT2D eigenvalue weighted by atomic mass is 32.2. The van der Waals surface area contributed by atoms with E-state index in [0.717, 1.165) is 5.56 Å². The summed E-state index contributed by atoms with van der Waals surface area (Å²) >= 11 is 0. The largest absolute Gasteiger partial charge is 0.493 e. The van der Waals surface area contributed by atoms with Gasteiger partial charge in [0, 0.05) is 23.1 Å². The topological polar surface area (TPSA) is 134 Å². The number of nitrogen functional groups attached to an aromatic ring is 2. The van der Waals surface area contributed by atoms with E-state index in [-0.39, 0.29) is 21.0 Å². The molecule has 0 aliphatic carbocycles. The third-order valence-corrected chi connectivity index (χ3v) is 7.22. The fraction of sp³-hybridized carbons (Fsp3) is 0.0741. The molecule has 9 heteroatoms. The molecule has 0 aliphatic rings. The third kappa shape index (κ3) is 5.42. The Morgan fingerprint density at radius 2 is 1.44 bits per heavy atom. The molecule has 0 radical (unpaired) electrons. The molecular weight excluding hydrogens is 478 g/mol. The van der Waals surface area contributed by atoms with Gasteiger partial charge in [-0.1, -0.05) is 30.3 Å². The molecule has 0 aromatic heterocycles. The number of methoxy groups -OCH3 is 1. The van der Waals surface area contributed by atoms with Crippen LogP contribution in [-0.4, -0.2) is 21.4 Å². The summed E-state index contributed by atoms with van der Waals surface area (Å²) < 4.78 is 36.9. The van der Waals surface area contributed by atoms with Gasteiger partial charge in [0.2, 0.25) is 9.84 Å². The first-order valence-electron chi connectivity index (χ1n) is 10.9. The van der Waals surface area contributed by atoms with E-state index >= 15 is 0 Å². The zero-order chi connectivity index (χ0) is 25.7. The molecule has 5 N–H and O–H groups in total. The molecule has 36 heavy (non-hydrogen) atoms. The van der Waals surface area contributed by atoms with E-state index < -0.39 is 15.7 Å². The normalized spacial score (nSPS) is 11.0. The van der Waals surface area contributed by atoms with E-state index in [4.69, 9.17) is 20.9 Å². The fourth-order valence-corrected chi connectivity index (χ4v) is 4.74. The van der Waals surface area contributed by atoms with Gasteiger partial charge in [-0.05, 0) is 60.2 Å². The smallest absolute Gasteiger partial charge is 0.257 e. The van der Waals surface area contributed by atoms with Crippen LogP contribution in [0.5, 0.6) is 11.5 Å². The summed E-state index contributed by atoms with van der Waals surface area (Å²) in [5.74, 6) is 0.289. The Bertz CT molecular complexity index is 1470. The summed E-state index contributed by atoms with van der Waals surface area (Å²) in [6.07, 6.45) is 0. The number of hydrogen-bond donors (Lipinski definition) is 3. The quantitative estimate of drug-likeness (QED) is 0.301. The molecule has 0 unspecified atom stereocenters. The first-order chi connectivity index (χ1) is 17.3. The SMILES string of the molecule is COc1cc(C(=O)Nc2ccc(S(=O)(=O)c3ccc(N)cc3)cc2)c(N)cc1OCc1ccccc1. The van der Waals surface area contributed by atoms with Gasteiger partial charge >= 0.3 is 0 Å². The molecule has 0 saturated carbocycles. The first-order valence-corrected chi connectivity index (χ1v) is 12.4. The Morgan fingerprint density at radius 3 is 2.06 bits per heavy atom.